The third kappa shape index (κ3) is 4.57. The van der Waals surface area contributed by atoms with Gasteiger partial charge in [-0.2, -0.15) is 4.31 Å². The molecule has 0 radical (unpaired) electrons. The molecular weight excluding hydrogens is 340 g/mol. The average Bonchev–Trinajstić information content (AvgIpc) is 2.55. The van der Waals surface area contributed by atoms with E-state index in [9.17, 15) is 8.42 Å². The fourth-order valence-electron chi connectivity index (χ4n) is 1.78. The molecule has 0 fully saturated rings. The Kier molecular flexibility index (Phi) is 5.81. The summed E-state index contributed by atoms with van der Waals surface area (Å²) < 4.78 is 36.5. The number of likely N-dealkylation sites (N-methyl/N-ethyl adjacent to an activating group) is 1. The number of sulfonamides is 1. The summed E-state index contributed by atoms with van der Waals surface area (Å²) in [4.78, 5) is 3.88. The first-order chi connectivity index (χ1) is 10.9. The predicted octanol–water partition coefficient (Wildman–Crippen LogP) is 2.44. The van der Waals surface area contributed by atoms with Crippen LogP contribution in [0.5, 0.6) is 11.5 Å². The van der Waals surface area contributed by atoms with E-state index in [-0.39, 0.29) is 23.2 Å². The zero-order chi connectivity index (χ0) is 16.9. The third-order valence-corrected chi connectivity index (χ3v) is 5.21. The average molecular weight is 357 g/mol. The van der Waals surface area contributed by atoms with Gasteiger partial charge in [0.05, 0.1) is 7.11 Å². The van der Waals surface area contributed by atoms with Crippen LogP contribution in [-0.4, -0.2) is 45.0 Å². The normalized spacial score (nSPS) is 11.5. The molecule has 124 valence electrons. The van der Waals surface area contributed by atoms with E-state index in [2.05, 4.69) is 4.98 Å². The molecule has 0 N–H and O–H groups in total. The topological polar surface area (TPSA) is 68.7 Å². The second-order valence-electron chi connectivity index (χ2n) is 4.67. The van der Waals surface area contributed by atoms with E-state index < -0.39 is 10.0 Å². The third-order valence-electron chi connectivity index (χ3n) is 3.14. The minimum Gasteiger partial charge on any atom is -0.497 e. The quantitative estimate of drug-likeness (QED) is 0.713. The Hall–Kier alpha value is -1.83. The zero-order valence-corrected chi connectivity index (χ0v) is 14.3. The Morgan fingerprint density at radius 2 is 1.78 bits per heavy atom. The zero-order valence-electron chi connectivity index (χ0n) is 12.8. The number of hydrogen-bond acceptors (Lipinski definition) is 5. The number of methoxy groups -OCH3 is 1. The lowest BCUT2D eigenvalue weighted by Crippen LogP contribution is -2.31. The molecule has 0 aliphatic heterocycles. The maximum Gasteiger partial charge on any atom is 0.244 e. The lowest BCUT2D eigenvalue weighted by atomic mass is 10.3. The Morgan fingerprint density at radius 3 is 2.35 bits per heavy atom. The van der Waals surface area contributed by atoms with Crippen LogP contribution >= 0.6 is 11.6 Å². The molecule has 0 bridgehead atoms. The fourth-order valence-corrected chi connectivity index (χ4v) is 2.99. The first kappa shape index (κ1) is 17.5. The molecule has 23 heavy (non-hydrogen) atoms. The first-order valence-corrected chi connectivity index (χ1v) is 8.60. The van der Waals surface area contributed by atoms with E-state index in [1.807, 2.05) is 0 Å². The second-order valence-corrected chi connectivity index (χ2v) is 7.10. The number of nitrogens with zero attached hydrogens (tertiary/aromatic N) is 2. The van der Waals surface area contributed by atoms with Gasteiger partial charge in [0.1, 0.15) is 28.2 Å². The smallest absolute Gasteiger partial charge is 0.244 e. The lowest BCUT2D eigenvalue weighted by Gasteiger charge is -2.17. The highest BCUT2D eigenvalue weighted by Crippen LogP contribution is 2.18. The molecular formula is C15H17ClN2O4S. The summed E-state index contributed by atoms with van der Waals surface area (Å²) in [6.07, 6.45) is 1.23. The van der Waals surface area contributed by atoms with E-state index in [1.54, 1.807) is 31.4 Å². The summed E-state index contributed by atoms with van der Waals surface area (Å²) in [7, 11) is -0.537. The van der Waals surface area contributed by atoms with E-state index in [1.165, 1.54) is 29.7 Å². The Balaban J connectivity index is 1.92. The molecule has 0 aliphatic carbocycles. The van der Waals surface area contributed by atoms with Gasteiger partial charge >= 0.3 is 0 Å². The van der Waals surface area contributed by atoms with Gasteiger partial charge in [-0.3, -0.25) is 0 Å². The van der Waals surface area contributed by atoms with Crippen molar-refractivity contribution in [3.63, 3.8) is 0 Å². The van der Waals surface area contributed by atoms with Gasteiger partial charge in [-0.05, 0) is 36.4 Å². The number of halogens is 1. The van der Waals surface area contributed by atoms with Gasteiger partial charge in [-0.1, -0.05) is 11.6 Å². The molecule has 6 nitrogen and oxygen atoms in total. The van der Waals surface area contributed by atoms with E-state index >= 15 is 0 Å². The van der Waals surface area contributed by atoms with Crippen molar-refractivity contribution in [1.29, 1.82) is 0 Å². The molecule has 0 saturated carbocycles. The van der Waals surface area contributed by atoms with Crippen molar-refractivity contribution < 1.29 is 17.9 Å². The SMILES string of the molecule is COc1ccc(OCCN(C)S(=O)(=O)c2ccc(Cl)nc2)cc1. The van der Waals surface area contributed by atoms with Crippen LogP contribution in [0.2, 0.25) is 5.15 Å². The molecule has 0 aliphatic rings. The number of ether oxygens (including phenoxy) is 2. The monoisotopic (exact) mass is 356 g/mol. The second kappa shape index (κ2) is 7.63. The summed E-state index contributed by atoms with van der Waals surface area (Å²) in [6.45, 7) is 0.431. The number of rotatable bonds is 7. The summed E-state index contributed by atoms with van der Waals surface area (Å²) in [6, 6.07) is 9.93. The number of pyridine rings is 1. The maximum absolute atomic E-state index is 12.3. The van der Waals surface area contributed by atoms with Crippen LogP contribution in [0, 0.1) is 0 Å². The molecule has 1 aromatic heterocycles. The summed E-state index contributed by atoms with van der Waals surface area (Å²) in [5.41, 5.74) is 0. The van der Waals surface area contributed by atoms with Crippen molar-refractivity contribution in [3.05, 3.63) is 47.7 Å². The molecule has 2 aromatic rings. The van der Waals surface area contributed by atoms with Crippen LogP contribution in [0.1, 0.15) is 0 Å². The van der Waals surface area contributed by atoms with Gasteiger partial charge in [0.2, 0.25) is 10.0 Å². The van der Waals surface area contributed by atoms with Crippen molar-refractivity contribution in [3.8, 4) is 11.5 Å². The summed E-state index contributed by atoms with van der Waals surface area (Å²) in [5.74, 6) is 1.37. The molecule has 1 heterocycles. The van der Waals surface area contributed by atoms with E-state index in [0.717, 1.165) is 5.75 Å². The van der Waals surface area contributed by atoms with Crippen molar-refractivity contribution in [2.75, 3.05) is 27.3 Å². The van der Waals surface area contributed by atoms with Crippen LogP contribution in [-0.2, 0) is 10.0 Å². The molecule has 1 aromatic carbocycles. The number of hydrogen-bond donors (Lipinski definition) is 0. The summed E-state index contributed by atoms with van der Waals surface area (Å²) >= 11 is 5.67. The van der Waals surface area contributed by atoms with Gasteiger partial charge in [0.15, 0.2) is 0 Å². The Morgan fingerprint density at radius 1 is 1.13 bits per heavy atom. The van der Waals surface area contributed by atoms with E-state index in [0.29, 0.717) is 5.75 Å². The van der Waals surface area contributed by atoms with Crippen LogP contribution < -0.4 is 9.47 Å². The van der Waals surface area contributed by atoms with E-state index in [4.69, 9.17) is 21.1 Å². The van der Waals surface area contributed by atoms with Gasteiger partial charge in [-0.15, -0.1) is 0 Å². The Bertz CT molecular complexity index is 733. The predicted molar refractivity (Wildman–Crippen MR) is 87.6 cm³/mol. The van der Waals surface area contributed by atoms with Crippen LogP contribution in [0.3, 0.4) is 0 Å². The van der Waals surface area contributed by atoms with Crippen LogP contribution in [0.25, 0.3) is 0 Å². The molecule has 0 atom stereocenters. The highest BCUT2D eigenvalue weighted by Gasteiger charge is 2.20. The van der Waals surface area contributed by atoms with Gasteiger partial charge < -0.3 is 9.47 Å². The van der Waals surface area contributed by atoms with Crippen molar-refractivity contribution >= 4 is 21.6 Å². The molecule has 8 heteroatoms. The highest BCUT2D eigenvalue weighted by atomic mass is 35.5. The first-order valence-electron chi connectivity index (χ1n) is 6.78. The van der Waals surface area contributed by atoms with Gasteiger partial charge in [-0.25, -0.2) is 13.4 Å². The largest absolute Gasteiger partial charge is 0.497 e. The standard InChI is InChI=1S/C15H17ClN2O4S/c1-18(23(19,20)14-7-8-15(16)17-11-14)9-10-22-13-5-3-12(21-2)4-6-13/h3-8,11H,9-10H2,1-2H3. The fraction of sp³-hybridized carbons (Fsp3) is 0.267. The minimum absolute atomic E-state index is 0.0915. The summed E-state index contributed by atoms with van der Waals surface area (Å²) in [5, 5.41) is 0.245. The maximum atomic E-state index is 12.3. The number of benzene rings is 1. The van der Waals surface area contributed by atoms with Gasteiger partial charge in [0.25, 0.3) is 0 Å². The molecule has 0 unspecified atom stereocenters. The van der Waals surface area contributed by atoms with Crippen molar-refractivity contribution in [2.24, 2.45) is 0 Å². The van der Waals surface area contributed by atoms with Crippen LogP contribution in [0.4, 0.5) is 0 Å². The number of aromatic nitrogens is 1. The van der Waals surface area contributed by atoms with Gasteiger partial charge in [0, 0.05) is 19.8 Å². The molecule has 0 amide bonds. The van der Waals surface area contributed by atoms with Crippen molar-refractivity contribution in [1.82, 2.24) is 9.29 Å². The van der Waals surface area contributed by atoms with Crippen molar-refractivity contribution in [2.45, 2.75) is 4.90 Å². The molecule has 0 saturated heterocycles. The molecule has 2 rings (SSSR count). The highest BCUT2D eigenvalue weighted by molar-refractivity contribution is 7.89. The minimum atomic E-state index is -3.61. The lowest BCUT2D eigenvalue weighted by molar-refractivity contribution is 0.286. The molecule has 0 spiro atoms. The van der Waals surface area contributed by atoms with Crippen LogP contribution in [0.15, 0.2) is 47.5 Å². The Labute approximate surface area is 140 Å².